The molecule has 1 atom stereocenters. The summed E-state index contributed by atoms with van der Waals surface area (Å²) in [5.74, 6) is 0.266. The van der Waals surface area contributed by atoms with Crippen LogP contribution in [0.1, 0.15) is 30.1 Å². The predicted octanol–water partition coefficient (Wildman–Crippen LogP) is 2.66. The number of nitrogens with one attached hydrogen (secondary N) is 1. The van der Waals surface area contributed by atoms with Crippen LogP contribution in [-0.2, 0) is 0 Å². The largest absolute Gasteiger partial charge is 0.478 e. The predicted molar refractivity (Wildman–Crippen MR) is 76.4 cm³/mol. The molecule has 0 spiro atoms. The molecule has 2 rings (SSSR count). The molecule has 1 aliphatic rings. The van der Waals surface area contributed by atoms with E-state index in [9.17, 15) is 4.79 Å². The van der Waals surface area contributed by atoms with Crippen molar-refractivity contribution >= 4 is 29.1 Å². The lowest BCUT2D eigenvalue weighted by Gasteiger charge is -2.24. The van der Waals surface area contributed by atoms with E-state index in [4.69, 9.17) is 10.8 Å². The SMILES string of the molecule is CC1(CNc2cc(C(=O)O)ccc2N)CCCS1. The number of carboxylic acids is 1. The number of rotatable bonds is 4. The van der Waals surface area contributed by atoms with E-state index in [0.29, 0.717) is 11.4 Å². The number of hydrogen-bond acceptors (Lipinski definition) is 4. The van der Waals surface area contributed by atoms with E-state index in [1.165, 1.54) is 24.7 Å². The summed E-state index contributed by atoms with van der Waals surface area (Å²) in [4.78, 5) is 10.9. The second kappa shape index (κ2) is 5.10. The molecule has 1 unspecified atom stereocenters. The van der Waals surface area contributed by atoms with Gasteiger partial charge in [-0.2, -0.15) is 11.8 Å². The van der Waals surface area contributed by atoms with Crippen LogP contribution in [-0.4, -0.2) is 28.1 Å². The Morgan fingerprint density at radius 3 is 3.00 bits per heavy atom. The first kappa shape index (κ1) is 13.1. The van der Waals surface area contributed by atoms with Crippen molar-refractivity contribution in [2.45, 2.75) is 24.5 Å². The van der Waals surface area contributed by atoms with E-state index in [-0.39, 0.29) is 10.3 Å². The van der Waals surface area contributed by atoms with Crippen molar-refractivity contribution in [3.8, 4) is 0 Å². The van der Waals surface area contributed by atoms with E-state index in [0.717, 1.165) is 6.54 Å². The van der Waals surface area contributed by atoms with Gasteiger partial charge in [0.15, 0.2) is 0 Å². The molecule has 18 heavy (non-hydrogen) atoms. The lowest BCUT2D eigenvalue weighted by molar-refractivity contribution is 0.0697. The number of carboxylic acid groups (broad SMARTS) is 1. The molecule has 0 aromatic heterocycles. The van der Waals surface area contributed by atoms with Crippen LogP contribution in [0.15, 0.2) is 18.2 Å². The van der Waals surface area contributed by atoms with Gasteiger partial charge in [-0.1, -0.05) is 0 Å². The van der Waals surface area contributed by atoms with Crippen molar-refractivity contribution in [3.63, 3.8) is 0 Å². The van der Waals surface area contributed by atoms with Gasteiger partial charge in [-0.15, -0.1) is 0 Å². The molecule has 4 nitrogen and oxygen atoms in total. The summed E-state index contributed by atoms with van der Waals surface area (Å²) >= 11 is 1.96. The van der Waals surface area contributed by atoms with Crippen LogP contribution in [0.3, 0.4) is 0 Å². The minimum atomic E-state index is -0.931. The summed E-state index contributed by atoms with van der Waals surface area (Å²) in [5, 5.41) is 12.2. The highest BCUT2D eigenvalue weighted by molar-refractivity contribution is 8.00. The van der Waals surface area contributed by atoms with E-state index < -0.39 is 5.97 Å². The van der Waals surface area contributed by atoms with Crippen LogP contribution in [0.25, 0.3) is 0 Å². The molecule has 0 aliphatic carbocycles. The molecule has 0 amide bonds. The highest BCUT2D eigenvalue weighted by Crippen LogP contribution is 2.38. The summed E-state index contributed by atoms with van der Waals surface area (Å²) < 4.78 is 0.228. The van der Waals surface area contributed by atoms with Crippen LogP contribution >= 0.6 is 11.8 Å². The molecule has 5 heteroatoms. The Hall–Kier alpha value is -1.36. The van der Waals surface area contributed by atoms with Crippen molar-refractivity contribution in [1.82, 2.24) is 0 Å². The molecule has 1 aliphatic heterocycles. The summed E-state index contributed by atoms with van der Waals surface area (Å²) in [6.45, 7) is 3.04. The topological polar surface area (TPSA) is 75.3 Å². The normalized spacial score (nSPS) is 22.9. The second-order valence-corrected chi connectivity index (χ2v) is 6.55. The molecule has 1 aromatic carbocycles. The first-order valence-corrected chi connectivity index (χ1v) is 6.99. The lowest BCUT2D eigenvalue weighted by atomic mass is 10.1. The first-order valence-electron chi connectivity index (χ1n) is 6.01. The lowest BCUT2D eigenvalue weighted by Crippen LogP contribution is -2.27. The molecule has 4 N–H and O–H groups in total. The molecule has 98 valence electrons. The monoisotopic (exact) mass is 266 g/mol. The smallest absolute Gasteiger partial charge is 0.335 e. The summed E-state index contributed by atoms with van der Waals surface area (Å²) in [6.07, 6.45) is 2.43. The second-order valence-electron chi connectivity index (χ2n) is 4.86. The number of nitrogen functional groups attached to an aromatic ring is 1. The van der Waals surface area contributed by atoms with Gasteiger partial charge in [0, 0.05) is 11.3 Å². The molecule has 1 aromatic rings. The van der Waals surface area contributed by atoms with Crippen LogP contribution < -0.4 is 11.1 Å². The summed E-state index contributed by atoms with van der Waals surface area (Å²) in [6, 6.07) is 4.76. The quantitative estimate of drug-likeness (QED) is 0.730. The summed E-state index contributed by atoms with van der Waals surface area (Å²) in [7, 11) is 0. The van der Waals surface area contributed by atoms with Crippen molar-refractivity contribution < 1.29 is 9.90 Å². The van der Waals surface area contributed by atoms with Gasteiger partial charge in [-0.25, -0.2) is 4.79 Å². The van der Waals surface area contributed by atoms with Gasteiger partial charge in [0.05, 0.1) is 16.9 Å². The number of benzene rings is 1. The third-order valence-electron chi connectivity index (χ3n) is 3.25. The number of carbonyl (C=O) groups is 1. The van der Waals surface area contributed by atoms with Crippen LogP contribution in [0.4, 0.5) is 11.4 Å². The van der Waals surface area contributed by atoms with E-state index in [1.54, 1.807) is 12.1 Å². The fourth-order valence-corrected chi connectivity index (χ4v) is 3.35. The average molecular weight is 266 g/mol. The number of nitrogens with two attached hydrogens (primary N) is 1. The standard InChI is InChI=1S/C13H18N2O2S/c1-13(5-2-6-18-13)8-15-11-7-9(12(16)17)3-4-10(11)14/h3-4,7,15H,2,5-6,8,14H2,1H3,(H,16,17). The third-order valence-corrected chi connectivity index (χ3v) is 4.79. The zero-order valence-corrected chi connectivity index (χ0v) is 11.2. The molecule has 1 heterocycles. The maximum absolute atomic E-state index is 10.9. The molecule has 0 bridgehead atoms. The van der Waals surface area contributed by atoms with E-state index in [1.807, 2.05) is 11.8 Å². The van der Waals surface area contributed by atoms with Gasteiger partial charge in [-0.3, -0.25) is 0 Å². The van der Waals surface area contributed by atoms with Gasteiger partial charge in [0.1, 0.15) is 0 Å². The molecular weight excluding hydrogens is 248 g/mol. The molecular formula is C13H18N2O2S. The average Bonchev–Trinajstić information content (AvgIpc) is 2.75. The fourth-order valence-electron chi connectivity index (χ4n) is 2.10. The molecule has 0 radical (unpaired) electrons. The van der Waals surface area contributed by atoms with Gasteiger partial charge >= 0.3 is 5.97 Å². The van der Waals surface area contributed by atoms with E-state index in [2.05, 4.69) is 12.2 Å². The van der Waals surface area contributed by atoms with Gasteiger partial charge in [-0.05, 0) is 43.7 Å². The Morgan fingerprint density at radius 1 is 1.61 bits per heavy atom. The van der Waals surface area contributed by atoms with Gasteiger partial charge < -0.3 is 16.2 Å². The maximum Gasteiger partial charge on any atom is 0.335 e. The van der Waals surface area contributed by atoms with Crippen molar-refractivity contribution in [1.29, 1.82) is 0 Å². The minimum Gasteiger partial charge on any atom is -0.478 e. The van der Waals surface area contributed by atoms with Crippen LogP contribution in [0.2, 0.25) is 0 Å². The van der Waals surface area contributed by atoms with Crippen molar-refractivity contribution in [3.05, 3.63) is 23.8 Å². The first-order chi connectivity index (χ1) is 8.50. The molecule has 0 saturated carbocycles. The third kappa shape index (κ3) is 2.90. The zero-order chi connectivity index (χ0) is 13.2. The highest BCUT2D eigenvalue weighted by Gasteiger charge is 2.29. The van der Waals surface area contributed by atoms with Crippen molar-refractivity contribution in [2.24, 2.45) is 0 Å². The molecule has 1 saturated heterocycles. The van der Waals surface area contributed by atoms with Crippen LogP contribution in [0.5, 0.6) is 0 Å². The van der Waals surface area contributed by atoms with Crippen LogP contribution in [0, 0.1) is 0 Å². The van der Waals surface area contributed by atoms with Gasteiger partial charge in [0.2, 0.25) is 0 Å². The summed E-state index contributed by atoms with van der Waals surface area (Å²) in [5.41, 5.74) is 7.42. The zero-order valence-electron chi connectivity index (χ0n) is 10.4. The Balaban J connectivity index is 2.08. The van der Waals surface area contributed by atoms with Crippen molar-refractivity contribution in [2.75, 3.05) is 23.3 Å². The number of hydrogen-bond donors (Lipinski definition) is 3. The molecule has 1 fully saturated rings. The fraction of sp³-hybridized carbons (Fsp3) is 0.462. The number of thioether (sulfide) groups is 1. The Morgan fingerprint density at radius 2 is 2.39 bits per heavy atom. The Kier molecular flexibility index (Phi) is 3.71. The van der Waals surface area contributed by atoms with Gasteiger partial charge in [0.25, 0.3) is 0 Å². The Labute approximate surface area is 111 Å². The number of aromatic carboxylic acids is 1. The minimum absolute atomic E-state index is 0.228. The maximum atomic E-state index is 10.9. The van der Waals surface area contributed by atoms with E-state index >= 15 is 0 Å². The number of anilines is 2. The highest BCUT2D eigenvalue weighted by atomic mass is 32.2. The Bertz CT molecular complexity index is 456.